The minimum atomic E-state index is -0.673. The zero-order valence-corrected chi connectivity index (χ0v) is 14.3. The van der Waals surface area contributed by atoms with Crippen LogP contribution in [-0.2, 0) is 4.79 Å². The monoisotopic (exact) mass is 315 g/mol. The first-order valence-corrected chi connectivity index (χ1v) is 8.35. The first kappa shape index (κ1) is 15.8. The van der Waals surface area contributed by atoms with Crippen LogP contribution in [0.2, 0.25) is 0 Å². The number of carbonyl (C=O) groups is 1. The lowest BCUT2D eigenvalue weighted by molar-refractivity contribution is -0.142. The van der Waals surface area contributed by atoms with Crippen molar-refractivity contribution in [3.63, 3.8) is 0 Å². The minimum absolute atomic E-state index is 0.215. The number of anilines is 1. The highest BCUT2D eigenvalue weighted by atomic mass is 16.4. The van der Waals surface area contributed by atoms with E-state index in [4.69, 9.17) is 4.98 Å². The molecule has 1 aliphatic rings. The quantitative estimate of drug-likeness (QED) is 0.941. The Morgan fingerprint density at radius 2 is 1.83 bits per heavy atom. The van der Waals surface area contributed by atoms with Gasteiger partial charge in [-0.15, -0.1) is 0 Å². The molecule has 0 unspecified atom stereocenters. The number of hydrogen-bond acceptors (Lipinski definition) is 3. The van der Waals surface area contributed by atoms with Gasteiger partial charge in [0.05, 0.1) is 17.0 Å². The number of aryl methyl sites for hydroxylation is 2. The average molecular weight is 315 g/mol. The largest absolute Gasteiger partial charge is 0.481 e. The van der Waals surface area contributed by atoms with Crippen LogP contribution in [0.5, 0.6) is 0 Å². The van der Waals surface area contributed by atoms with Gasteiger partial charge in [0.25, 0.3) is 0 Å². The van der Waals surface area contributed by atoms with Crippen molar-refractivity contribution in [2.24, 2.45) is 5.92 Å². The molecule has 1 saturated heterocycles. The van der Waals surface area contributed by atoms with E-state index in [1.807, 2.05) is 0 Å². The summed E-state index contributed by atoms with van der Waals surface area (Å²) in [6.07, 6.45) is 1.38. The summed E-state index contributed by atoms with van der Waals surface area (Å²) in [5, 5.41) is 9.17. The zero-order valence-electron chi connectivity index (χ0n) is 14.3. The SMILES string of the molecule is Cc1cc2nc(N3CCC(C(=O)O)CC3)n(C(C)C)c2cc1C. The van der Waals surface area contributed by atoms with E-state index in [2.05, 4.69) is 49.3 Å². The van der Waals surface area contributed by atoms with Gasteiger partial charge in [0, 0.05) is 19.1 Å². The van der Waals surface area contributed by atoms with Crippen molar-refractivity contribution in [3.8, 4) is 0 Å². The Bertz CT molecular complexity index is 740. The third-order valence-electron chi connectivity index (χ3n) is 4.93. The summed E-state index contributed by atoms with van der Waals surface area (Å²) in [6.45, 7) is 10.1. The molecule has 0 aliphatic carbocycles. The van der Waals surface area contributed by atoms with Crippen LogP contribution in [-0.4, -0.2) is 33.7 Å². The van der Waals surface area contributed by atoms with Crippen molar-refractivity contribution in [2.45, 2.75) is 46.6 Å². The second-order valence-corrected chi connectivity index (χ2v) is 6.90. The highest BCUT2D eigenvalue weighted by Gasteiger charge is 2.27. The van der Waals surface area contributed by atoms with Gasteiger partial charge in [-0.3, -0.25) is 4.79 Å². The van der Waals surface area contributed by atoms with E-state index in [1.54, 1.807) is 0 Å². The Hall–Kier alpha value is -2.04. The van der Waals surface area contributed by atoms with E-state index < -0.39 is 5.97 Å². The molecule has 0 radical (unpaired) electrons. The molecule has 2 aromatic rings. The van der Waals surface area contributed by atoms with Gasteiger partial charge in [-0.25, -0.2) is 4.98 Å². The summed E-state index contributed by atoms with van der Waals surface area (Å²) in [5.74, 6) is 0.0877. The van der Waals surface area contributed by atoms with Crippen LogP contribution in [0.1, 0.15) is 43.9 Å². The lowest BCUT2D eigenvalue weighted by atomic mass is 9.97. The van der Waals surface area contributed by atoms with Crippen molar-refractivity contribution < 1.29 is 9.90 Å². The first-order valence-electron chi connectivity index (χ1n) is 8.35. The number of rotatable bonds is 3. The summed E-state index contributed by atoms with van der Waals surface area (Å²) < 4.78 is 2.28. The number of imidazole rings is 1. The smallest absolute Gasteiger partial charge is 0.306 e. The number of benzene rings is 1. The van der Waals surface area contributed by atoms with E-state index in [-0.39, 0.29) is 5.92 Å². The molecule has 1 aromatic carbocycles. The van der Waals surface area contributed by atoms with Crippen molar-refractivity contribution in [1.82, 2.24) is 9.55 Å². The zero-order chi connectivity index (χ0) is 16.7. The molecule has 0 bridgehead atoms. The molecule has 0 saturated carbocycles. The standard InChI is InChI=1S/C18H25N3O2/c1-11(2)21-16-10-13(4)12(3)9-15(16)19-18(21)20-7-5-14(6-8-20)17(22)23/h9-11,14H,5-8H2,1-4H3,(H,22,23). The fraction of sp³-hybridized carbons (Fsp3) is 0.556. The molecule has 0 spiro atoms. The normalized spacial score (nSPS) is 16.5. The second kappa shape index (κ2) is 5.87. The lowest BCUT2D eigenvalue weighted by Gasteiger charge is -2.32. The minimum Gasteiger partial charge on any atom is -0.481 e. The number of fused-ring (bicyclic) bond motifs is 1. The Balaban J connectivity index is 2.00. The molecule has 0 atom stereocenters. The number of aliphatic carboxylic acids is 1. The number of piperidine rings is 1. The third kappa shape index (κ3) is 2.80. The molecule has 1 aliphatic heterocycles. The number of nitrogens with zero attached hydrogens (tertiary/aromatic N) is 3. The van der Waals surface area contributed by atoms with Crippen molar-refractivity contribution >= 4 is 23.0 Å². The van der Waals surface area contributed by atoms with Crippen LogP contribution in [0.15, 0.2) is 12.1 Å². The lowest BCUT2D eigenvalue weighted by Crippen LogP contribution is -2.38. The Morgan fingerprint density at radius 1 is 1.22 bits per heavy atom. The number of carboxylic acid groups (broad SMARTS) is 1. The molecule has 3 rings (SSSR count). The van der Waals surface area contributed by atoms with E-state index in [0.717, 1.165) is 24.6 Å². The molecule has 5 nitrogen and oxygen atoms in total. The number of aromatic nitrogens is 2. The van der Waals surface area contributed by atoms with Crippen LogP contribution in [0.25, 0.3) is 11.0 Å². The highest BCUT2D eigenvalue weighted by Crippen LogP contribution is 2.31. The van der Waals surface area contributed by atoms with Gasteiger partial charge in [-0.1, -0.05) is 0 Å². The maximum atomic E-state index is 11.1. The summed E-state index contributed by atoms with van der Waals surface area (Å²) in [6, 6.07) is 4.68. The Labute approximate surface area is 136 Å². The highest BCUT2D eigenvalue weighted by molar-refractivity contribution is 5.81. The molecule has 2 heterocycles. The summed E-state index contributed by atoms with van der Waals surface area (Å²) in [5.41, 5.74) is 4.72. The number of hydrogen-bond donors (Lipinski definition) is 1. The van der Waals surface area contributed by atoms with Crippen molar-refractivity contribution in [3.05, 3.63) is 23.3 Å². The van der Waals surface area contributed by atoms with Crippen LogP contribution < -0.4 is 4.90 Å². The maximum Gasteiger partial charge on any atom is 0.306 e. The topological polar surface area (TPSA) is 58.4 Å². The Kier molecular flexibility index (Phi) is 4.04. The molecule has 0 amide bonds. The molecule has 23 heavy (non-hydrogen) atoms. The summed E-state index contributed by atoms with van der Waals surface area (Å²) in [4.78, 5) is 18.3. The Morgan fingerprint density at radius 3 is 2.39 bits per heavy atom. The van der Waals surface area contributed by atoms with E-state index in [9.17, 15) is 9.90 Å². The van der Waals surface area contributed by atoms with Crippen LogP contribution in [0.4, 0.5) is 5.95 Å². The van der Waals surface area contributed by atoms with Crippen molar-refractivity contribution in [1.29, 1.82) is 0 Å². The molecule has 5 heteroatoms. The number of carboxylic acids is 1. The van der Waals surface area contributed by atoms with Gasteiger partial charge in [0.2, 0.25) is 5.95 Å². The van der Waals surface area contributed by atoms with Crippen LogP contribution in [0, 0.1) is 19.8 Å². The first-order chi connectivity index (χ1) is 10.9. The van der Waals surface area contributed by atoms with E-state index in [1.165, 1.54) is 16.6 Å². The molecular weight excluding hydrogens is 290 g/mol. The van der Waals surface area contributed by atoms with Crippen LogP contribution >= 0.6 is 0 Å². The predicted molar refractivity (Wildman–Crippen MR) is 92.2 cm³/mol. The van der Waals surface area contributed by atoms with Gasteiger partial charge in [0.15, 0.2) is 0 Å². The van der Waals surface area contributed by atoms with Gasteiger partial charge in [-0.05, 0) is 63.8 Å². The second-order valence-electron chi connectivity index (χ2n) is 6.90. The van der Waals surface area contributed by atoms with E-state index >= 15 is 0 Å². The van der Waals surface area contributed by atoms with Gasteiger partial charge >= 0.3 is 5.97 Å². The van der Waals surface area contributed by atoms with Gasteiger partial charge < -0.3 is 14.6 Å². The third-order valence-corrected chi connectivity index (χ3v) is 4.93. The van der Waals surface area contributed by atoms with Crippen molar-refractivity contribution in [2.75, 3.05) is 18.0 Å². The fourth-order valence-corrected chi connectivity index (χ4v) is 3.40. The van der Waals surface area contributed by atoms with E-state index in [0.29, 0.717) is 18.9 Å². The van der Waals surface area contributed by atoms with Crippen LogP contribution in [0.3, 0.4) is 0 Å². The van der Waals surface area contributed by atoms with Gasteiger partial charge in [-0.2, -0.15) is 0 Å². The molecule has 1 N–H and O–H groups in total. The predicted octanol–water partition coefficient (Wildman–Crippen LogP) is 3.54. The average Bonchev–Trinajstić information content (AvgIpc) is 2.86. The maximum absolute atomic E-state index is 11.1. The molecule has 124 valence electrons. The van der Waals surface area contributed by atoms with Gasteiger partial charge in [0.1, 0.15) is 0 Å². The molecule has 1 fully saturated rings. The molecular formula is C18H25N3O2. The summed E-state index contributed by atoms with van der Waals surface area (Å²) >= 11 is 0. The molecule has 1 aromatic heterocycles. The summed E-state index contributed by atoms with van der Waals surface area (Å²) in [7, 11) is 0. The fourth-order valence-electron chi connectivity index (χ4n) is 3.40.